The molecule has 0 atom stereocenters. The van der Waals surface area contributed by atoms with Crippen LogP contribution in [0, 0.1) is 5.41 Å². The van der Waals surface area contributed by atoms with Gasteiger partial charge in [0.15, 0.2) is 5.75 Å². The molecule has 1 spiro atoms. The molecule has 3 aliphatic heterocycles. The number of carbonyl (C=O) groups excluding carboxylic acids is 2. The first-order chi connectivity index (χ1) is 16.7. The highest BCUT2D eigenvalue weighted by Crippen LogP contribution is 2.43. The van der Waals surface area contributed by atoms with Crippen LogP contribution in [0.1, 0.15) is 67.9 Å². The lowest BCUT2D eigenvalue weighted by atomic mass is 9.71. The second kappa shape index (κ2) is 9.26. The molecule has 2 saturated heterocycles. The number of aromatic nitrogens is 1. The molecule has 1 aromatic carbocycles. The maximum Gasteiger partial charge on any atom is 0.308 e. The molecule has 3 aliphatic rings. The van der Waals surface area contributed by atoms with Crippen molar-refractivity contribution in [3.8, 4) is 11.5 Å². The van der Waals surface area contributed by atoms with Gasteiger partial charge in [0.1, 0.15) is 11.4 Å². The van der Waals surface area contributed by atoms with E-state index in [-0.39, 0.29) is 17.3 Å². The van der Waals surface area contributed by atoms with Crippen LogP contribution in [0.15, 0.2) is 36.7 Å². The van der Waals surface area contributed by atoms with Crippen LogP contribution in [-0.2, 0) is 17.8 Å². The van der Waals surface area contributed by atoms with Crippen LogP contribution in [0.25, 0.3) is 0 Å². The Kier molecular flexibility index (Phi) is 6.30. The lowest BCUT2D eigenvalue weighted by Crippen LogP contribution is -2.48. The molecule has 0 saturated carbocycles. The zero-order chi connectivity index (χ0) is 24.6. The molecule has 2 fully saturated rings. The van der Waals surface area contributed by atoms with Gasteiger partial charge >= 0.3 is 5.97 Å². The molecule has 186 valence electrons. The third-order valence-electron chi connectivity index (χ3n) is 7.91. The minimum absolute atomic E-state index is 0.0842. The van der Waals surface area contributed by atoms with Crippen molar-refractivity contribution in [1.82, 2.24) is 14.8 Å². The smallest absolute Gasteiger partial charge is 0.308 e. The van der Waals surface area contributed by atoms with E-state index in [0.29, 0.717) is 11.0 Å². The van der Waals surface area contributed by atoms with Crippen molar-refractivity contribution in [2.24, 2.45) is 5.41 Å². The molecule has 1 amide bonds. The summed E-state index contributed by atoms with van der Waals surface area (Å²) in [6.45, 7) is 10.3. The number of pyridine rings is 1. The number of amides is 1. The molecule has 0 unspecified atom stereocenters. The van der Waals surface area contributed by atoms with Crippen molar-refractivity contribution < 1.29 is 19.1 Å². The third kappa shape index (κ3) is 5.06. The first-order valence-corrected chi connectivity index (χ1v) is 12.7. The van der Waals surface area contributed by atoms with Crippen molar-refractivity contribution in [2.75, 3.05) is 26.2 Å². The number of piperidine rings is 2. The van der Waals surface area contributed by atoms with Crippen LogP contribution in [0.3, 0.4) is 0 Å². The Labute approximate surface area is 207 Å². The number of nitrogens with zero attached hydrogens (tertiary/aromatic N) is 3. The van der Waals surface area contributed by atoms with Crippen LogP contribution in [0.4, 0.5) is 0 Å². The maximum atomic E-state index is 13.2. The second-order valence-electron chi connectivity index (χ2n) is 11.0. The predicted octanol–water partition coefficient (Wildman–Crippen LogP) is 4.24. The molecule has 7 heteroatoms. The Hall–Kier alpha value is -2.93. The fourth-order valence-corrected chi connectivity index (χ4v) is 5.89. The Balaban J connectivity index is 1.17. The minimum Gasteiger partial charge on any atom is -0.487 e. The number of esters is 1. The first-order valence-electron chi connectivity index (χ1n) is 12.7. The van der Waals surface area contributed by atoms with E-state index >= 15 is 0 Å². The molecular weight excluding hydrogens is 442 g/mol. The van der Waals surface area contributed by atoms with E-state index in [4.69, 9.17) is 9.47 Å². The molecule has 4 heterocycles. The highest BCUT2D eigenvalue weighted by Gasteiger charge is 2.39. The molecule has 7 nitrogen and oxygen atoms in total. The third-order valence-corrected chi connectivity index (χ3v) is 7.91. The van der Waals surface area contributed by atoms with Gasteiger partial charge in [-0.2, -0.15) is 0 Å². The molecule has 5 rings (SSSR count). The van der Waals surface area contributed by atoms with Gasteiger partial charge in [-0.25, -0.2) is 0 Å². The van der Waals surface area contributed by atoms with Crippen LogP contribution in [-0.4, -0.2) is 58.4 Å². The van der Waals surface area contributed by atoms with Gasteiger partial charge in [0, 0.05) is 44.7 Å². The molecule has 35 heavy (non-hydrogen) atoms. The van der Waals surface area contributed by atoms with Gasteiger partial charge in [-0.05, 0) is 75.7 Å². The van der Waals surface area contributed by atoms with E-state index in [2.05, 4.69) is 41.9 Å². The number of rotatable bonds is 4. The maximum absolute atomic E-state index is 13.2. The number of hydrogen-bond donors (Lipinski definition) is 0. The van der Waals surface area contributed by atoms with E-state index in [0.717, 1.165) is 57.7 Å². The van der Waals surface area contributed by atoms with Gasteiger partial charge < -0.3 is 14.4 Å². The van der Waals surface area contributed by atoms with Gasteiger partial charge in [0.2, 0.25) is 0 Å². The highest BCUT2D eigenvalue weighted by atomic mass is 16.5. The van der Waals surface area contributed by atoms with Crippen LogP contribution < -0.4 is 9.47 Å². The monoisotopic (exact) mass is 477 g/mol. The number of hydrogen-bond acceptors (Lipinski definition) is 6. The zero-order valence-corrected chi connectivity index (χ0v) is 21.0. The summed E-state index contributed by atoms with van der Waals surface area (Å²) in [5, 5.41) is 0. The highest BCUT2D eigenvalue weighted by molar-refractivity contribution is 5.97. The largest absolute Gasteiger partial charge is 0.487 e. The normalized spacial score (nSPS) is 20.8. The molecule has 0 N–H and O–H groups in total. The fourth-order valence-electron chi connectivity index (χ4n) is 5.89. The van der Waals surface area contributed by atoms with Gasteiger partial charge in [-0.3, -0.25) is 19.5 Å². The van der Waals surface area contributed by atoms with Crippen LogP contribution in [0.5, 0.6) is 11.5 Å². The van der Waals surface area contributed by atoms with Crippen LogP contribution >= 0.6 is 0 Å². The summed E-state index contributed by atoms with van der Waals surface area (Å²) in [6.07, 6.45) is 8.34. The van der Waals surface area contributed by atoms with E-state index < -0.39 is 5.97 Å². The average molecular weight is 478 g/mol. The van der Waals surface area contributed by atoms with Gasteiger partial charge in [-0.1, -0.05) is 12.1 Å². The van der Waals surface area contributed by atoms with Crippen molar-refractivity contribution in [1.29, 1.82) is 0 Å². The van der Waals surface area contributed by atoms with Gasteiger partial charge in [-0.15, -0.1) is 0 Å². The number of fused-ring (bicyclic) bond motifs is 1. The predicted molar refractivity (Wildman–Crippen MR) is 132 cm³/mol. The number of likely N-dealkylation sites (tertiary alicyclic amines) is 2. The lowest BCUT2D eigenvalue weighted by Gasteiger charge is -2.47. The van der Waals surface area contributed by atoms with E-state index in [9.17, 15) is 9.59 Å². The Bertz CT molecular complexity index is 1110. The molecule has 0 aliphatic carbocycles. The average Bonchev–Trinajstić information content (AvgIpc) is 3.16. The SMILES string of the molecule is CC(=O)Oc1cnccc1C(=O)N1CCC2(CCN(Cc3cccc4c3CC(C)(C)O4)CC2)CC1. The molecule has 0 bridgehead atoms. The summed E-state index contributed by atoms with van der Waals surface area (Å²) in [7, 11) is 0. The topological polar surface area (TPSA) is 72.0 Å². The number of benzene rings is 1. The Morgan fingerprint density at radius 2 is 1.77 bits per heavy atom. The summed E-state index contributed by atoms with van der Waals surface area (Å²) in [5.74, 6) is 0.746. The van der Waals surface area contributed by atoms with E-state index in [1.807, 2.05) is 4.90 Å². The molecule has 2 aromatic rings. The minimum atomic E-state index is -0.451. The first kappa shape index (κ1) is 23.8. The van der Waals surface area contributed by atoms with Crippen molar-refractivity contribution in [3.05, 3.63) is 53.3 Å². The van der Waals surface area contributed by atoms with Gasteiger partial charge in [0.25, 0.3) is 5.91 Å². The van der Waals surface area contributed by atoms with E-state index in [1.54, 1.807) is 12.3 Å². The molecule has 1 aromatic heterocycles. The summed E-state index contributed by atoms with van der Waals surface area (Å²) < 4.78 is 11.3. The van der Waals surface area contributed by atoms with Crippen molar-refractivity contribution in [2.45, 2.75) is 65.0 Å². The summed E-state index contributed by atoms with van der Waals surface area (Å²) in [5.41, 5.74) is 3.36. The zero-order valence-electron chi connectivity index (χ0n) is 21.0. The molecular formula is C28H35N3O4. The number of ether oxygens (including phenoxy) is 2. The lowest BCUT2D eigenvalue weighted by molar-refractivity contribution is -0.131. The van der Waals surface area contributed by atoms with Gasteiger partial charge in [0.05, 0.1) is 11.8 Å². The Morgan fingerprint density at radius 1 is 1.06 bits per heavy atom. The second-order valence-corrected chi connectivity index (χ2v) is 11.0. The quantitative estimate of drug-likeness (QED) is 0.614. The van der Waals surface area contributed by atoms with Crippen molar-refractivity contribution in [3.63, 3.8) is 0 Å². The number of carbonyl (C=O) groups is 2. The summed E-state index contributed by atoms with van der Waals surface area (Å²) >= 11 is 0. The molecule has 0 radical (unpaired) electrons. The summed E-state index contributed by atoms with van der Waals surface area (Å²) in [6, 6.07) is 8.09. The fraction of sp³-hybridized carbons (Fsp3) is 0.536. The van der Waals surface area contributed by atoms with Crippen LogP contribution in [0.2, 0.25) is 0 Å². The Morgan fingerprint density at radius 3 is 2.49 bits per heavy atom. The standard InChI is InChI=1S/C28H35N3O4/c1-20(32)34-25-18-29-12-7-22(25)26(33)31-15-10-28(11-16-31)8-13-30(14-9-28)19-21-5-4-6-24-23(21)17-27(2,3)35-24/h4-7,12,18H,8-11,13-17,19H2,1-3H3. The van der Waals surface area contributed by atoms with Crippen molar-refractivity contribution >= 4 is 11.9 Å². The summed E-state index contributed by atoms with van der Waals surface area (Å²) in [4.78, 5) is 33.0. The van der Waals surface area contributed by atoms with E-state index in [1.165, 1.54) is 37.1 Å².